The number of aryl methyl sites for hydroxylation is 2. The van der Waals surface area contributed by atoms with Crippen molar-refractivity contribution < 1.29 is 9.72 Å². The van der Waals surface area contributed by atoms with Crippen LogP contribution in [0, 0.1) is 28.9 Å². The van der Waals surface area contributed by atoms with Gasteiger partial charge in [-0.05, 0) is 98.9 Å². The number of aromatic nitrogens is 2. The number of anilines is 2. The van der Waals surface area contributed by atoms with Crippen LogP contribution in [0.2, 0.25) is 0 Å². The molecule has 1 aromatic heterocycles. The molecule has 4 rings (SSSR count). The van der Waals surface area contributed by atoms with Gasteiger partial charge in [0.2, 0.25) is 17.7 Å². The summed E-state index contributed by atoms with van der Waals surface area (Å²) < 4.78 is 0. The molecule has 0 bridgehead atoms. The van der Waals surface area contributed by atoms with Crippen LogP contribution in [0.25, 0.3) is 0 Å². The van der Waals surface area contributed by atoms with Crippen LogP contribution in [0.3, 0.4) is 0 Å². The topological polar surface area (TPSA) is 148 Å². The zero-order valence-corrected chi connectivity index (χ0v) is 25.9. The molecule has 0 saturated heterocycles. The molecule has 236 valence electrons. The Morgan fingerprint density at radius 1 is 0.955 bits per heavy atom. The van der Waals surface area contributed by atoms with Crippen molar-refractivity contribution in [3.8, 4) is 0 Å². The van der Waals surface area contributed by atoms with E-state index in [9.17, 15) is 14.9 Å². The van der Waals surface area contributed by atoms with Crippen LogP contribution < -0.4 is 21.7 Å². The number of amides is 1. The highest BCUT2D eigenvalue weighted by molar-refractivity contribution is 5.75. The highest BCUT2D eigenvalue weighted by atomic mass is 16.6. The predicted octanol–water partition coefficient (Wildman–Crippen LogP) is 5.94. The third-order valence-electron chi connectivity index (χ3n) is 8.64. The average molecular weight is 602 g/mol. The van der Waals surface area contributed by atoms with Crippen molar-refractivity contribution in [2.45, 2.75) is 77.7 Å². The first-order valence-electron chi connectivity index (χ1n) is 16.0. The van der Waals surface area contributed by atoms with Crippen LogP contribution in [-0.2, 0) is 24.2 Å². The van der Waals surface area contributed by atoms with Crippen LogP contribution >= 0.6 is 0 Å². The highest BCUT2D eigenvalue weighted by Gasteiger charge is 2.22. The number of unbranched alkanes of at least 4 members (excludes halogenated alkanes) is 2. The Morgan fingerprint density at radius 2 is 1.68 bits per heavy atom. The lowest BCUT2D eigenvalue weighted by molar-refractivity contribution is -0.384. The fraction of sp³-hybridized carbons (Fsp3) is 0.500. The first-order chi connectivity index (χ1) is 21.4. The molecule has 44 heavy (non-hydrogen) atoms. The van der Waals surface area contributed by atoms with E-state index in [1.54, 1.807) is 0 Å². The lowest BCUT2D eigenvalue weighted by atomic mass is 9.82. The van der Waals surface area contributed by atoms with E-state index in [0.717, 1.165) is 69.9 Å². The molecular formula is C34H47N7O3. The molecule has 1 aliphatic carbocycles. The van der Waals surface area contributed by atoms with Gasteiger partial charge in [0, 0.05) is 26.1 Å². The quantitative estimate of drug-likeness (QED) is 0.0844. The van der Waals surface area contributed by atoms with Crippen molar-refractivity contribution in [1.29, 1.82) is 0 Å². The third kappa shape index (κ3) is 10.6. The number of nitrogens with two attached hydrogens (primary N) is 1. The number of hydrogen-bond acceptors (Lipinski definition) is 8. The Labute approximate surface area is 260 Å². The molecule has 1 fully saturated rings. The van der Waals surface area contributed by atoms with Crippen molar-refractivity contribution in [3.63, 3.8) is 0 Å². The van der Waals surface area contributed by atoms with Gasteiger partial charge in [0.25, 0.3) is 0 Å². The molecule has 0 radical (unpaired) electrons. The van der Waals surface area contributed by atoms with Crippen LogP contribution in [0.15, 0.2) is 54.7 Å². The Bertz CT molecular complexity index is 1340. The molecule has 0 spiro atoms. The first kappa shape index (κ1) is 32.9. The van der Waals surface area contributed by atoms with E-state index in [4.69, 9.17) is 5.73 Å². The number of nitro groups is 1. The molecule has 1 heterocycles. The molecule has 1 aliphatic rings. The molecule has 0 aliphatic heterocycles. The van der Waals surface area contributed by atoms with Crippen molar-refractivity contribution in [2.75, 3.05) is 30.3 Å². The molecular weight excluding hydrogens is 554 g/mol. The maximum absolute atomic E-state index is 12.2. The van der Waals surface area contributed by atoms with Crippen molar-refractivity contribution >= 4 is 23.4 Å². The van der Waals surface area contributed by atoms with Gasteiger partial charge < -0.3 is 21.7 Å². The molecule has 0 atom stereocenters. The van der Waals surface area contributed by atoms with Crippen molar-refractivity contribution in [1.82, 2.24) is 15.3 Å². The van der Waals surface area contributed by atoms with Crippen molar-refractivity contribution in [3.05, 3.63) is 87.1 Å². The van der Waals surface area contributed by atoms with E-state index in [1.165, 1.54) is 22.9 Å². The summed E-state index contributed by atoms with van der Waals surface area (Å²) in [4.78, 5) is 31.9. The van der Waals surface area contributed by atoms with E-state index in [-0.39, 0.29) is 17.4 Å². The summed E-state index contributed by atoms with van der Waals surface area (Å²) in [6.07, 6.45) is 11.0. The Kier molecular flexibility index (Phi) is 12.9. The molecule has 1 amide bonds. The van der Waals surface area contributed by atoms with E-state index >= 15 is 0 Å². The van der Waals surface area contributed by atoms with Gasteiger partial charge in [0.15, 0.2) is 0 Å². The maximum Gasteiger partial charge on any atom is 0.329 e. The summed E-state index contributed by atoms with van der Waals surface area (Å²) >= 11 is 0. The summed E-state index contributed by atoms with van der Waals surface area (Å²) in [5, 5.41) is 21.0. The number of carbonyl (C=O) groups excluding carboxylic acids is 1. The number of nitrogens with one attached hydrogen (secondary N) is 3. The second kappa shape index (κ2) is 17.3. The first-order valence-corrected chi connectivity index (χ1v) is 16.0. The van der Waals surface area contributed by atoms with Crippen LogP contribution in [-0.4, -0.2) is 40.4 Å². The lowest BCUT2D eigenvalue weighted by Gasteiger charge is -2.27. The standard InChI is InChI=1S/C34H47N7O3/c1-25-7-5-6-9-30(25)19-20-36-32(42)10-4-2-3-8-26-11-15-29(16-12-26)23-38-34-39-24-31(41(43)44)33(40-34)37-22-28-17-13-27(21-35)14-18-28/h5-7,9,11-12,15-16,24,27-28H,2-4,8,10,13-14,17-23,35H2,1H3,(H,36,42)(H2,37,38,39,40). The van der Waals surface area contributed by atoms with Gasteiger partial charge in [-0.1, -0.05) is 55.0 Å². The fourth-order valence-corrected chi connectivity index (χ4v) is 5.75. The molecule has 0 unspecified atom stereocenters. The molecule has 2 aromatic carbocycles. The molecule has 3 aromatic rings. The van der Waals surface area contributed by atoms with E-state index in [0.29, 0.717) is 43.8 Å². The van der Waals surface area contributed by atoms with Gasteiger partial charge in [-0.15, -0.1) is 0 Å². The van der Waals surface area contributed by atoms with E-state index in [1.807, 2.05) is 12.1 Å². The number of carbonyl (C=O) groups is 1. The van der Waals surface area contributed by atoms with Gasteiger partial charge >= 0.3 is 5.69 Å². The lowest BCUT2D eigenvalue weighted by Crippen LogP contribution is -2.25. The SMILES string of the molecule is Cc1ccccc1CCNC(=O)CCCCCc1ccc(CNc2ncc([N+](=O)[O-])c(NCC3CCC(CN)CC3)n2)cc1. The molecule has 10 nitrogen and oxygen atoms in total. The largest absolute Gasteiger partial charge is 0.364 e. The predicted molar refractivity (Wildman–Crippen MR) is 176 cm³/mol. The number of benzene rings is 2. The summed E-state index contributed by atoms with van der Waals surface area (Å²) in [5.74, 6) is 1.79. The summed E-state index contributed by atoms with van der Waals surface area (Å²) in [7, 11) is 0. The van der Waals surface area contributed by atoms with Gasteiger partial charge in [-0.3, -0.25) is 14.9 Å². The number of nitrogens with zero attached hydrogens (tertiary/aromatic N) is 3. The van der Waals surface area contributed by atoms with Crippen LogP contribution in [0.1, 0.15) is 73.6 Å². The van der Waals surface area contributed by atoms with Gasteiger partial charge in [-0.2, -0.15) is 4.98 Å². The Hall–Kier alpha value is -4.05. The van der Waals surface area contributed by atoms with Crippen molar-refractivity contribution in [2.24, 2.45) is 17.6 Å². The zero-order chi connectivity index (χ0) is 31.1. The maximum atomic E-state index is 12.2. The zero-order valence-electron chi connectivity index (χ0n) is 25.9. The minimum Gasteiger partial charge on any atom is -0.364 e. The third-order valence-corrected chi connectivity index (χ3v) is 8.64. The smallest absolute Gasteiger partial charge is 0.329 e. The fourth-order valence-electron chi connectivity index (χ4n) is 5.75. The average Bonchev–Trinajstić information content (AvgIpc) is 3.04. The second-order valence-corrected chi connectivity index (χ2v) is 11.9. The van der Waals surface area contributed by atoms with Gasteiger partial charge in [-0.25, -0.2) is 4.98 Å². The minimum atomic E-state index is -0.446. The van der Waals surface area contributed by atoms with E-state index < -0.39 is 4.92 Å². The monoisotopic (exact) mass is 601 g/mol. The molecule has 1 saturated carbocycles. The number of rotatable bonds is 17. The summed E-state index contributed by atoms with van der Waals surface area (Å²) in [5.41, 5.74) is 10.6. The van der Waals surface area contributed by atoms with Gasteiger partial charge in [0.1, 0.15) is 6.20 Å². The molecule has 5 N–H and O–H groups in total. The Morgan fingerprint density at radius 3 is 2.41 bits per heavy atom. The van der Waals surface area contributed by atoms with Crippen LogP contribution in [0.5, 0.6) is 0 Å². The normalized spacial score (nSPS) is 16.3. The second-order valence-electron chi connectivity index (χ2n) is 11.9. The molecule has 10 heteroatoms. The van der Waals surface area contributed by atoms with Crippen LogP contribution in [0.4, 0.5) is 17.5 Å². The van der Waals surface area contributed by atoms with Gasteiger partial charge in [0.05, 0.1) is 4.92 Å². The number of hydrogen-bond donors (Lipinski definition) is 4. The summed E-state index contributed by atoms with van der Waals surface area (Å²) in [6, 6.07) is 16.7. The minimum absolute atomic E-state index is 0.116. The highest BCUT2D eigenvalue weighted by Crippen LogP contribution is 2.29. The van der Waals surface area contributed by atoms with E-state index in [2.05, 4.69) is 69.2 Å². The Balaban J connectivity index is 1.14. The summed E-state index contributed by atoms with van der Waals surface area (Å²) in [6.45, 7) is 4.67.